The summed E-state index contributed by atoms with van der Waals surface area (Å²) in [7, 11) is -3.87. The van der Waals surface area contributed by atoms with E-state index in [2.05, 4.69) is 4.72 Å². The quantitative estimate of drug-likeness (QED) is 0.448. The Hall–Kier alpha value is -1.32. The van der Waals surface area contributed by atoms with E-state index in [9.17, 15) is 18.5 Å². The molecule has 0 spiro atoms. The smallest absolute Gasteiger partial charge is 0.270 e. The molecule has 1 aromatic carbocycles. The average molecular weight is 319 g/mol. The van der Waals surface area contributed by atoms with Crippen LogP contribution in [0.25, 0.3) is 0 Å². The third kappa shape index (κ3) is 4.09. The summed E-state index contributed by atoms with van der Waals surface area (Å²) in [6.07, 6.45) is 2.49. The summed E-state index contributed by atoms with van der Waals surface area (Å²) in [6, 6.07) is 3.13. The van der Waals surface area contributed by atoms with Gasteiger partial charge in [-0.1, -0.05) is 6.92 Å². The summed E-state index contributed by atoms with van der Waals surface area (Å²) in [4.78, 5) is 9.81. The maximum Gasteiger partial charge on any atom is 0.270 e. The molecule has 1 unspecified atom stereocenters. The number of nitro groups is 1. The Morgan fingerprint density at radius 1 is 1.50 bits per heavy atom. The van der Waals surface area contributed by atoms with Crippen molar-refractivity contribution in [3.8, 4) is 0 Å². The van der Waals surface area contributed by atoms with Crippen LogP contribution in [0.15, 0.2) is 23.1 Å². The number of thioether (sulfide) groups is 1. The Morgan fingerprint density at radius 3 is 2.65 bits per heavy atom. The molecule has 112 valence electrons. The predicted octanol–water partition coefficient (Wildman–Crippen LogP) is 1.60. The van der Waals surface area contributed by atoms with Gasteiger partial charge >= 0.3 is 0 Å². The maximum absolute atomic E-state index is 12.2. The van der Waals surface area contributed by atoms with Crippen LogP contribution in [0.1, 0.15) is 13.3 Å². The minimum Gasteiger partial charge on any atom is -0.398 e. The zero-order valence-corrected chi connectivity index (χ0v) is 12.8. The van der Waals surface area contributed by atoms with Gasteiger partial charge in [0.15, 0.2) is 0 Å². The van der Waals surface area contributed by atoms with E-state index in [1.165, 1.54) is 23.9 Å². The fourth-order valence-electron chi connectivity index (χ4n) is 1.59. The van der Waals surface area contributed by atoms with Crippen molar-refractivity contribution in [2.24, 2.45) is 0 Å². The predicted molar refractivity (Wildman–Crippen MR) is 80.3 cm³/mol. The van der Waals surface area contributed by atoms with E-state index in [0.29, 0.717) is 12.2 Å². The second kappa shape index (κ2) is 6.91. The van der Waals surface area contributed by atoms with E-state index in [4.69, 9.17) is 5.73 Å². The topological polar surface area (TPSA) is 115 Å². The molecule has 0 saturated heterocycles. The van der Waals surface area contributed by atoms with Crippen LogP contribution in [0.3, 0.4) is 0 Å². The fourth-order valence-corrected chi connectivity index (χ4v) is 3.89. The van der Waals surface area contributed by atoms with Crippen molar-refractivity contribution in [3.05, 3.63) is 28.3 Å². The highest BCUT2D eigenvalue weighted by molar-refractivity contribution is 7.98. The lowest BCUT2D eigenvalue weighted by Crippen LogP contribution is -2.36. The van der Waals surface area contributed by atoms with Gasteiger partial charge in [-0.25, -0.2) is 13.1 Å². The Kier molecular flexibility index (Phi) is 5.78. The van der Waals surface area contributed by atoms with Crippen LogP contribution < -0.4 is 10.5 Å². The number of nitrogens with two attached hydrogens (primary N) is 1. The number of hydrogen-bond acceptors (Lipinski definition) is 6. The Bertz CT molecular complexity index is 589. The van der Waals surface area contributed by atoms with Crippen LogP contribution in [-0.2, 0) is 10.0 Å². The Labute approximate surface area is 122 Å². The van der Waals surface area contributed by atoms with Crippen molar-refractivity contribution in [1.29, 1.82) is 0 Å². The first kappa shape index (κ1) is 16.7. The summed E-state index contributed by atoms with van der Waals surface area (Å²) in [6.45, 7) is 1.86. The van der Waals surface area contributed by atoms with E-state index in [1.807, 2.05) is 13.2 Å². The van der Waals surface area contributed by atoms with E-state index in [-0.39, 0.29) is 22.3 Å². The first-order valence-electron chi connectivity index (χ1n) is 5.87. The maximum atomic E-state index is 12.2. The number of nitro benzene ring substituents is 1. The summed E-state index contributed by atoms with van der Waals surface area (Å²) in [5, 5.41) is 10.7. The van der Waals surface area contributed by atoms with Crippen LogP contribution >= 0.6 is 11.8 Å². The molecule has 20 heavy (non-hydrogen) atoms. The highest BCUT2D eigenvalue weighted by atomic mass is 32.2. The highest BCUT2D eigenvalue weighted by Crippen LogP contribution is 2.24. The second-order valence-electron chi connectivity index (χ2n) is 4.16. The Morgan fingerprint density at radius 2 is 2.15 bits per heavy atom. The van der Waals surface area contributed by atoms with Crippen molar-refractivity contribution in [3.63, 3.8) is 0 Å². The van der Waals surface area contributed by atoms with Gasteiger partial charge in [0.2, 0.25) is 10.0 Å². The van der Waals surface area contributed by atoms with Gasteiger partial charge in [0.1, 0.15) is 4.90 Å². The first-order chi connectivity index (χ1) is 9.31. The zero-order valence-electron chi connectivity index (χ0n) is 11.2. The fraction of sp³-hybridized carbons (Fsp3) is 0.455. The van der Waals surface area contributed by atoms with Crippen molar-refractivity contribution in [2.75, 3.05) is 17.7 Å². The minimum absolute atomic E-state index is 0.0119. The van der Waals surface area contributed by atoms with Crippen LogP contribution in [0.4, 0.5) is 11.4 Å². The molecule has 0 aliphatic heterocycles. The standard InChI is InChI=1S/C11H17N3O4S2/c1-3-8(7-19-2)13-20(17,18)11-6-9(14(15)16)4-5-10(11)12/h4-6,8,13H,3,7,12H2,1-2H3. The SMILES string of the molecule is CCC(CSC)NS(=O)(=O)c1cc([N+](=O)[O-])ccc1N. The molecule has 1 atom stereocenters. The molecule has 7 nitrogen and oxygen atoms in total. The lowest BCUT2D eigenvalue weighted by atomic mass is 10.3. The molecule has 0 saturated carbocycles. The zero-order chi connectivity index (χ0) is 15.3. The molecule has 0 aliphatic carbocycles. The van der Waals surface area contributed by atoms with E-state index >= 15 is 0 Å². The third-order valence-electron chi connectivity index (χ3n) is 2.68. The average Bonchev–Trinajstić information content (AvgIpc) is 2.37. The summed E-state index contributed by atoms with van der Waals surface area (Å²) < 4.78 is 27.0. The third-order valence-corrected chi connectivity index (χ3v) is 4.99. The number of nitrogen functional groups attached to an aromatic ring is 1. The molecule has 0 bridgehead atoms. The summed E-state index contributed by atoms with van der Waals surface area (Å²) >= 11 is 1.52. The number of anilines is 1. The highest BCUT2D eigenvalue weighted by Gasteiger charge is 2.23. The van der Waals surface area contributed by atoms with Gasteiger partial charge < -0.3 is 5.73 Å². The minimum atomic E-state index is -3.87. The molecule has 0 radical (unpaired) electrons. The van der Waals surface area contributed by atoms with Crippen LogP contribution in [0, 0.1) is 10.1 Å². The number of benzene rings is 1. The number of non-ortho nitro benzene ring substituents is 1. The van der Waals surface area contributed by atoms with Gasteiger partial charge in [0.05, 0.1) is 10.6 Å². The summed E-state index contributed by atoms with van der Waals surface area (Å²) in [5.41, 5.74) is 5.30. The molecule has 0 aromatic heterocycles. The largest absolute Gasteiger partial charge is 0.398 e. The monoisotopic (exact) mass is 319 g/mol. The molecular weight excluding hydrogens is 302 g/mol. The first-order valence-corrected chi connectivity index (χ1v) is 8.74. The van der Waals surface area contributed by atoms with Crippen molar-refractivity contribution >= 4 is 33.2 Å². The van der Waals surface area contributed by atoms with Gasteiger partial charge in [-0.05, 0) is 18.7 Å². The molecule has 0 heterocycles. The molecule has 9 heteroatoms. The van der Waals surface area contributed by atoms with Crippen LogP contribution in [-0.4, -0.2) is 31.4 Å². The summed E-state index contributed by atoms with van der Waals surface area (Å²) in [5.74, 6) is 0.616. The van der Waals surface area contributed by atoms with Crippen molar-refractivity contribution in [2.45, 2.75) is 24.3 Å². The van der Waals surface area contributed by atoms with Crippen LogP contribution in [0.2, 0.25) is 0 Å². The lowest BCUT2D eigenvalue weighted by molar-refractivity contribution is -0.385. The number of rotatable bonds is 7. The van der Waals surface area contributed by atoms with E-state index in [1.54, 1.807) is 0 Å². The van der Waals surface area contributed by atoms with Gasteiger partial charge in [-0.15, -0.1) is 0 Å². The van der Waals surface area contributed by atoms with Gasteiger partial charge in [-0.2, -0.15) is 11.8 Å². The van der Waals surface area contributed by atoms with Crippen LogP contribution in [0.5, 0.6) is 0 Å². The number of nitrogens with one attached hydrogen (secondary N) is 1. The Balaban J connectivity index is 3.14. The normalized spacial score (nSPS) is 13.1. The molecule has 0 aliphatic rings. The molecule has 0 fully saturated rings. The van der Waals surface area contributed by atoms with E-state index < -0.39 is 14.9 Å². The lowest BCUT2D eigenvalue weighted by Gasteiger charge is -2.16. The van der Waals surface area contributed by atoms with Gasteiger partial charge in [0.25, 0.3) is 5.69 Å². The van der Waals surface area contributed by atoms with E-state index in [0.717, 1.165) is 6.07 Å². The van der Waals surface area contributed by atoms with Crippen molar-refractivity contribution < 1.29 is 13.3 Å². The molecule has 3 N–H and O–H groups in total. The number of sulfonamides is 1. The van der Waals surface area contributed by atoms with Gasteiger partial charge in [0, 0.05) is 23.9 Å². The second-order valence-corrected chi connectivity index (χ2v) is 6.75. The molecule has 1 rings (SSSR count). The number of nitrogens with zero attached hydrogens (tertiary/aromatic N) is 1. The molecule has 0 amide bonds. The molecular formula is C11H17N3O4S2. The number of hydrogen-bond donors (Lipinski definition) is 2. The van der Waals surface area contributed by atoms with Gasteiger partial charge in [-0.3, -0.25) is 10.1 Å². The molecule has 1 aromatic rings. The van der Waals surface area contributed by atoms with Crippen molar-refractivity contribution in [1.82, 2.24) is 4.72 Å².